The van der Waals surface area contributed by atoms with Gasteiger partial charge in [0.05, 0.1) is 6.61 Å². The van der Waals surface area contributed by atoms with Gasteiger partial charge in [-0.25, -0.2) is 9.59 Å². The summed E-state index contributed by atoms with van der Waals surface area (Å²) in [5.41, 5.74) is -0.203. The van der Waals surface area contributed by atoms with Crippen LogP contribution in [0.25, 0.3) is 0 Å². The standard InChI is InChI=1S/C15H27NO4/c1-8-19-13(17)11(4)9-12(10(2)3)16-14(18)20-15(5,6)7/h10,12H,4,8-9H2,1-3,5-7H3,(H,16,18). The number of esters is 1. The van der Waals surface area contributed by atoms with Crippen LogP contribution in [-0.4, -0.2) is 30.3 Å². The molecule has 1 unspecified atom stereocenters. The number of carbonyl (C=O) groups is 2. The highest BCUT2D eigenvalue weighted by molar-refractivity contribution is 5.87. The van der Waals surface area contributed by atoms with Crippen molar-refractivity contribution in [1.29, 1.82) is 0 Å². The second-order valence-electron chi connectivity index (χ2n) is 6.02. The lowest BCUT2D eigenvalue weighted by molar-refractivity contribution is -0.138. The maximum Gasteiger partial charge on any atom is 0.407 e. The molecule has 116 valence electrons. The van der Waals surface area contributed by atoms with E-state index in [1.807, 2.05) is 13.8 Å². The zero-order valence-electron chi connectivity index (χ0n) is 13.4. The van der Waals surface area contributed by atoms with E-state index < -0.39 is 17.7 Å². The van der Waals surface area contributed by atoms with Gasteiger partial charge in [-0.15, -0.1) is 0 Å². The minimum absolute atomic E-state index is 0.147. The van der Waals surface area contributed by atoms with Gasteiger partial charge in [-0.2, -0.15) is 0 Å². The maximum absolute atomic E-state index is 11.8. The molecule has 0 aliphatic heterocycles. The summed E-state index contributed by atoms with van der Waals surface area (Å²) in [6.45, 7) is 15.1. The van der Waals surface area contributed by atoms with Crippen LogP contribution in [0.3, 0.4) is 0 Å². The van der Waals surface area contributed by atoms with Crippen LogP contribution in [0.5, 0.6) is 0 Å². The van der Waals surface area contributed by atoms with Gasteiger partial charge in [0, 0.05) is 11.6 Å². The molecule has 0 aromatic heterocycles. The smallest absolute Gasteiger partial charge is 0.407 e. The quantitative estimate of drug-likeness (QED) is 0.602. The van der Waals surface area contributed by atoms with E-state index in [0.717, 1.165) is 0 Å². The van der Waals surface area contributed by atoms with Crippen molar-refractivity contribution >= 4 is 12.1 Å². The van der Waals surface area contributed by atoms with Crippen LogP contribution < -0.4 is 5.32 Å². The van der Waals surface area contributed by atoms with Gasteiger partial charge in [-0.1, -0.05) is 20.4 Å². The topological polar surface area (TPSA) is 64.6 Å². The molecule has 0 saturated heterocycles. The fourth-order valence-corrected chi connectivity index (χ4v) is 1.49. The lowest BCUT2D eigenvalue weighted by Gasteiger charge is -2.26. The Morgan fingerprint density at radius 1 is 1.25 bits per heavy atom. The molecular formula is C15H27NO4. The van der Waals surface area contributed by atoms with Crippen molar-refractivity contribution in [2.24, 2.45) is 5.92 Å². The first kappa shape index (κ1) is 18.5. The van der Waals surface area contributed by atoms with E-state index in [2.05, 4.69) is 11.9 Å². The van der Waals surface area contributed by atoms with E-state index in [-0.39, 0.29) is 12.0 Å². The molecule has 0 spiro atoms. The van der Waals surface area contributed by atoms with Gasteiger partial charge >= 0.3 is 12.1 Å². The molecule has 1 amide bonds. The lowest BCUT2D eigenvalue weighted by Crippen LogP contribution is -2.42. The third-order valence-electron chi connectivity index (χ3n) is 2.54. The minimum Gasteiger partial charge on any atom is -0.463 e. The summed E-state index contributed by atoms with van der Waals surface area (Å²) >= 11 is 0. The Morgan fingerprint density at radius 2 is 1.80 bits per heavy atom. The Balaban J connectivity index is 4.55. The Morgan fingerprint density at radius 3 is 2.20 bits per heavy atom. The zero-order chi connectivity index (χ0) is 15.9. The first-order valence-corrected chi connectivity index (χ1v) is 6.91. The van der Waals surface area contributed by atoms with Crippen molar-refractivity contribution < 1.29 is 19.1 Å². The van der Waals surface area contributed by atoms with Gasteiger partial charge in [0.25, 0.3) is 0 Å². The molecule has 20 heavy (non-hydrogen) atoms. The molecular weight excluding hydrogens is 258 g/mol. The number of nitrogens with one attached hydrogen (secondary N) is 1. The number of amides is 1. The minimum atomic E-state index is -0.552. The number of rotatable bonds is 6. The zero-order valence-corrected chi connectivity index (χ0v) is 13.4. The Bertz CT molecular complexity index is 355. The van der Waals surface area contributed by atoms with Crippen LogP contribution in [0.4, 0.5) is 4.79 Å². The SMILES string of the molecule is C=C(CC(NC(=O)OC(C)(C)C)C(C)C)C(=O)OCC. The summed E-state index contributed by atoms with van der Waals surface area (Å²) in [6, 6.07) is -0.221. The third kappa shape index (κ3) is 7.81. The van der Waals surface area contributed by atoms with Gasteiger partial charge in [0.2, 0.25) is 0 Å². The van der Waals surface area contributed by atoms with Gasteiger partial charge in [-0.3, -0.25) is 0 Å². The lowest BCUT2D eigenvalue weighted by atomic mass is 9.97. The Labute approximate surface area is 121 Å². The molecule has 0 aliphatic carbocycles. The molecule has 0 saturated carbocycles. The van der Waals surface area contributed by atoms with E-state index >= 15 is 0 Å². The number of hydrogen-bond acceptors (Lipinski definition) is 4. The molecule has 0 rings (SSSR count). The molecule has 5 nitrogen and oxygen atoms in total. The van der Waals surface area contributed by atoms with Crippen molar-refractivity contribution in [2.75, 3.05) is 6.61 Å². The summed E-state index contributed by atoms with van der Waals surface area (Å²) in [5.74, 6) is -0.280. The summed E-state index contributed by atoms with van der Waals surface area (Å²) in [4.78, 5) is 23.3. The molecule has 5 heteroatoms. The molecule has 0 heterocycles. The molecule has 1 N–H and O–H groups in total. The summed E-state index contributed by atoms with van der Waals surface area (Å²) in [6.07, 6.45) is -0.150. The summed E-state index contributed by atoms with van der Waals surface area (Å²) < 4.78 is 10.1. The highest BCUT2D eigenvalue weighted by atomic mass is 16.6. The molecule has 0 radical (unpaired) electrons. The molecule has 0 aromatic rings. The van der Waals surface area contributed by atoms with Crippen LogP contribution >= 0.6 is 0 Å². The van der Waals surface area contributed by atoms with Gasteiger partial charge in [0.1, 0.15) is 5.60 Å². The van der Waals surface area contributed by atoms with E-state index in [1.54, 1.807) is 27.7 Å². The highest BCUT2D eigenvalue weighted by Crippen LogP contribution is 2.14. The third-order valence-corrected chi connectivity index (χ3v) is 2.54. The van der Waals surface area contributed by atoms with Crippen LogP contribution in [0.15, 0.2) is 12.2 Å². The van der Waals surface area contributed by atoms with E-state index in [1.165, 1.54) is 0 Å². The van der Waals surface area contributed by atoms with Gasteiger partial charge in [0.15, 0.2) is 0 Å². The average molecular weight is 285 g/mol. The first-order chi connectivity index (χ1) is 9.06. The van der Waals surface area contributed by atoms with Crippen molar-refractivity contribution in [1.82, 2.24) is 5.32 Å². The Kier molecular flexibility index (Phi) is 7.32. The Hall–Kier alpha value is -1.52. The average Bonchev–Trinajstić information content (AvgIpc) is 2.25. The second-order valence-corrected chi connectivity index (χ2v) is 6.02. The maximum atomic E-state index is 11.8. The van der Waals surface area contributed by atoms with Gasteiger partial charge in [-0.05, 0) is 40.0 Å². The first-order valence-electron chi connectivity index (χ1n) is 6.91. The number of ether oxygens (including phenoxy) is 2. The molecule has 0 aliphatic rings. The number of alkyl carbamates (subject to hydrolysis) is 1. The van der Waals surface area contributed by atoms with Gasteiger partial charge < -0.3 is 14.8 Å². The normalized spacial score (nSPS) is 12.8. The fraction of sp³-hybridized carbons (Fsp3) is 0.733. The fourth-order valence-electron chi connectivity index (χ4n) is 1.49. The highest BCUT2D eigenvalue weighted by Gasteiger charge is 2.23. The predicted molar refractivity (Wildman–Crippen MR) is 78.4 cm³/mol. The molecule has 0 aromatic carbocycles. The number of hydrogen-bond donors (Lipinski definition) is 1. The van der Waals surface area contributed by atoms with Crippen LogP contribution in [0, 0.1) is 5.92 Å². The van der Waals surface area contributed by atoms with Crippen molar-refractivity contribution in [2.45, 2.75) is 59.6 Å². The monoisotopic (exact) mass is 285 g/mol. The molecule has 0 fully saturated rings. The molecule has 0 bridgehead atoms. The van der Waals surface area contributed by atoms with E-state index in [0.29, 0.717) is 18.6 Å². The van der Waals surface area contributed by atoms with E-state index in [4.69, 9.17) is 9.47 Å². The summed E-state index contributed by atoms with van der Waals surface area (Å²) in [5, 5.41) is 2.77. The molecule has 1 atom stereocenters. The largest absolute Gasteiger partial charge is 0.463 e. The van der Waals surface area contributed by atoms with Crippen molar-refractivity contribution in [3.8, 4) is 0 Å². The second kappa shape index (κ2) is 7.92. The van der Waals surface area contributed by atoms with E-state index in [9.17, 15) is 9.59 Å². The van der Waals surface area contributed by atoms with Crippen LogP contribution in [0.2, 0.25) is 0 Å². The van der Waals surface area contributed by atoms with Crippen LogP contribution in [0.1, 0.15) is 48.0 Å². The van der Waals surface area contributed by atoms with Crippen LogP contribution in [-0.2, 0) is 14.3 Å². The van der Waals surface area contributed by atoms with Crippen molar-refractivity contribution in [3.63, 3.8) is 0 Å². The summed E-state index contributed by atoms with van der Waals surface area (Å²) in [7, 11) is 0. The predicted octanol–water partition coefficient (Wildman–Crippen LogP) is 3.05. The number of carbonyl (C=O) groups excluding carboxylic acids is 2. The van der Waals surface area contributed by atoms with Crippen molar-refractivity contribution in [3.05, 3.63) is 12.2 Å².